The Labute approximate surface area is 165 Å². The number of aromatic hydroxyl groups is 1. The molecule has 3 amide bonds. The lowest BCUT2D eigenvalue weighted by Gasteiger charge is -2.29. The molecule has 0 aliphatic carbocycles. The number of hydrogen-bond acceptors (Lipinski definition) is 7. The normalized spacial score (nSPS) is 18.0. The number of amides is 3. The fourth-order valence-electron chi connectivity index (χ4n) is 3.26. The minimum Gasteiger partial charge on any atom is -0.505 e. The number of aromatic nitrogens is 2. The Balaban J connectivity index is 1.40. The first-order valence-electron chi connectivity index (χ1n) is 8.91. The molecule has 1 aromatic carbocycles. The lowest BCUT2D eigenvalue weighted by Crippen LogP contribution is -2.52. The Kier molecular flexibility index (Phi) is 4.83. The molecule has 2 aromatic rings. The number of fused-ring (bicyclic) bond motifs is 1. The quantitative estimate of drug-likeness (QED) is 0.572. The number of carbonyl (C=O) groups is 3. The van der Waals surface area contributed by atoms with Gasteiger partial charge >= 0.3 is 0 Å². The number of hydrogen-bond donors (Lipinski definition) is 2. The van der Waals surface area contributed by atoms with Crippen molar-refractivity contribution >= 4 is 17.7 Å². The highest BCUT2D eigenvalue weighted by molar-refractivity contribution is 6.05. The van der Waals surface area contributed by atoms with Crippen molar-refractivity contribution in [2.75, 3.05) is 6.61 Å². The van der Waals surface area contributed by atoms with Gasteiger partial charge in [0, 0.05) is 18.5 Å². The van der Waals surface area contributed by atoms with E-state index < -0.39 is 11.9 Å². The lowest BCUT2D eigenvalue weighted by molar-refractivity contribution is -0.136. The number of imide groups is 1. The molecule has 146 valence electrons. The second-order valence-electron chi connectivity index (χ2n) is 6.57. The molecule has 1 fully saturated rings. The van der Waals surface area contributed by atoms with Crippen molar-refractivity contribution in [1.29, 1.82) is 0 Å². The number of nitrogens with one attached hydrogen (secondary N) is 1. The van der Waals surface area contributed by atoms with Crippen LogP contribution in [0.25, 0.3) is 0 Å². The molecule has 0 bridgehead atoms. The maximum Gasteiger partial charge on any atom is 0.255 e. The standard InChI is InChI=1S/C20H16N4O5/c25-13-9-21-17(22-10-13)2-1-7-29-14-3-4-15-12(8-14)11-24(20(15)28)16-5-6-18(26)23-19(16)27/h3-4,8-10,16,25H,5-7,11H2,(H,23,26,27). The summed E-state index contributed by atoms with van der Waals surface area (Å²) in [6, 6.07) is 4.43. The van der Waals surface area contributed by atoms with Crippen LogP contribution in [0.15, 0.2) is 30.6 Å². The molecule has 9 nitrogen and oxygen atoms in total. The van der Waals surface area contributed by atoms with Gasteiger partial charge in [-0.15, -0.1) is 0 Å². The molecule has 2 aliphatic rings. The first-order valence-corrected chi connectivity index (χ1v) is 8.91. The zero-order chi connectivity index (χ0) is 20.4. The lowest BCUT2D eigenvalue weighted by atomic mass is 10.0. The van der Waals surface area contributed by atoms with E-state index in [0.29, 0.717) is 17.7 Å². The maximum atomic E-state index is 12.6. The molecule has 1 atom stereocenters. The molecule has 0 radical (unpaired) electrons. The summed E-state index contributed by atoms with van der Waals surface area (Å²) in [7, 11) is 0. The van der Waals surface area contributed by atoms with Crippen LogP contribution in [0.1, 0.15) is 34.6 Å². The molecular weight excluding hydrogens is 376 g/mol. The fraction of sp³-hybridized carbons (Fsp3) is 0.250. The van der Waals surface area contributed by atoms with Gasteiger partial charge in [0.15, 0.2) is 5.75 Å². The van der Waals surface area contributed by atoms with E-state index in [2.05, 4.69) is 27.1 Å². The van der Waals surface area contributed by atoms with Gasteiger partial charge < -0.3 is 14.7 Å². The Morgan fingerprint density at radius 3 is 2.79 bits per heavy atom. The summed E-state index contributed by atoms with van der Waals surface area (Å²) >= 11 is 0. The molecule has 0 saturated carbocycles. The van der Waals surface area contributed by atoms with Crippen LogP contribution < -0.4 is 10.1 Å². The molecule has 2 N–H and O–H groups in total. The predicted molar refractivity (Wildman–Crippen MR) is 98.6 cm³/mol. The number of benzene rings is 1. The van der Waals surface area contributed by atoms with Crippen LogP contribution >= 0.6 is 0 Å². The Bertz CT molecular complexity index is 1050. The Morgan fingerprint density at radius 1 is 1.24 bits per heavy atom. The monoisotopic (exact) mass is 392 g/mol. The van der Waals surface area contributed by atoms with Gasteiger partial charge in [-0.3, -0.25) is 19.7 Å². The van der Waals surface area contributed by atoms with Crippen molar-refractivity contribution in [2.24, 2.45) is 0 Å². The molecule has 1 aromatic heterocycles. The van der Waals surface area contributed by atoms with E-state index in [9.17, 15) is 14.4 Å². The molecule has 2 aliphatic heterocycles. The van der Waals surface area contributed by atoms with Crippen molar-refractivity contribution < 1.29 is 24.2 Å². The van der Waals surface area contributed by atoms with Crippen molar-refractivity contribution in [1.82, 2.24) is 20.2 Å². The van der Waals surface area contributed by atoms with Crippen LogP contribution in [-0.4, -0.2) is 50.3 Å². The van der Waals surface area contributed by atoms with Gasteiger partial charge in [0.1, 0.15) is 18.4 Å². The minimum absolute atomic E-state index is 0.0363. The summed E-state index contributed by atoms with van der Waals surface area (Å²) in [6.07, 6.45) is 3.05. The van der Waals surface area contributed by atoms with E-state index in [1.165, 1.54) is 17.3 Å². The summed E-state index contributed by atoms with van der Waals surface area (Å²) < 4.78 is 5.60. The topological polar surface area (TPSA) is 122 Å². The average Bonchev–Trinajstić information content (AvgIpc) is 3.02. The van der Waals surface area contributed by atoms with Crippen molar-refractivity contribution in [3.05, 3.63) is 47.5 Å². The largest absolute Gasteiger partial charge is 0.505 e. The number of ether oxygens (including phenoxy) is 1. The molecular formula is C20H16N4O5. The molecule has 0 spiro atoms. The molecule has 4 rings (SSSR count). The number of nitrogens with zero attached hydrogens (tertiary/aromatic N) is 3. The second-order valence-corrected chi connectivity index (χ2v) is 6.57. The highest BCUT2D eigenvalue weighted by Crippen LogP contribution is 2.30. The maximum absolute atomic E-state index is 12.6. The molecule has 9 heteroatoms. The van der Waals surface area contributed by atoms with Gasteiger partial charge in [0.05, 0.1) is 12.4 Å². The second kappa shape index (κ2) is 7.59. The fourth-order valence-corrected chi connectivity index (χ4v) is 3.26. The van der Waals surface area contributed by atoms with E-state index >= 15 is 0 Å². The molecule has 1 saturated heterocycles. The number of carbonyl (C=O) groups excluding carboxylic acids is 3. The Hall–Kier alpha value is -3.93. The number of piperidine rings is 1. The summed E-state index contributed by atoms with van der Waals surface area (Å²) in [6.45, 7) is 0.374. The van der Waals surface area contributed by atoms with E-state index in [-0.39, 0.29) is 43.0 Å². The summed E-state index contributed by atoms with van der Waals surface area (Å²) in [5.74, 6) is 5.28. The zero-order valence-electron chi connectivity index (χ0n) is 15.2. The van der Waals surface area contributed by atoms with Gasteiger partial charge in [-0.2, -0.15) is 0 Å². The van der Waals surface area contributed by atoms with E-state index in [1.807, 2.05) is 0 Å². The van der Waals surface area contributed by atoms with Crippen molar-refractivity contribution in [3.8, 4) is 23.3 Å². The summed E-state index contributed by atoms with van der Waals surface area (Å²) in [5.41, 5.74) is 1.28. The van der Waals surface area contributed by atoms with Gasteiger partial charge in [-0.25, -0.2) is 9.97 Å². The minimum atomic E-state index is -0.645. The van der Waals surface area contributed by atoms with Crippen molar-refractivity contribution in [2.45, 2.75) is 25.4 Å². The third-order valence-electron chi connectivity index (χ3n) is 4.64. The predicted octanol–water partition coefficient (Wildman–Crippen LogP) is 0.374. The van der Waals surface area contributed by atoms with Gasteiger partial charge in [0.2, 0.25) is 17.6 Å². The van der Waals surface area contributed by atoms with Gasteiger partial charge in [-0.05, 0) is 36.1 Å². The average molecular weight is 392 g/mol. The molecule has 29 heavy (non-hydrogen) atoms. The van der Waals surface area contributed by atoms with Crippen LogP contribution in [0.5, 0.6) is 11.5 Å². The summed E-state index contributed by atoms with van der Waals surface area (Å²) in [5, 5.41) is 11.4. The molecule has 3 heterocycles. The first kappa shape index (κ1) is 18.4. The van der Waals surface area contributed by atoms with E-state index in [0.717, 1.165) is 5.56 Å². The smallest absolute Gasteiger partial charge is 0.255 e. The zero-order valence-corrected chi connectivity index (χ0v) is 15.2. The third kappa shape index (κ3) is 3.87. The van der Waals surface area contributed by atoms with E-state index in [4.69, 9.17) is 9.84 Å². The highest BCUT2D eigenvalue weighted by Gasteiger charge is 2.39. The van der Waals surface area contributed by atoms with Crippen LogP contribution in [0.4, 0.5) is 0 Å². The van der Waals surface area contributed by atoms with Gasteiger partial charge in [-0.1, -0.05) is 5.92 Å². The molecule has 1 unspecified atom stereocenters. The van der Waals surface area contributed by atoms with Crippen LogP contribution in [0, 0.1) is 11.8 Å². The van der Waals surface area contributed by atoms with Crippen LogP contribution in [0.3, 0.4) is 0 Å². The first-order chi connectivity index (χ1) is 14.0. The van der Waals surface area contributed by atoms with E-state index in [1.54, 1.807) is 18.2 Å². The number of rotatable bonds is 3. The third-order valence-corrected chi connectivity index (χ3v) is 4.64. The van der Waals surface area contributed by atoms with Crippen molar-refractivity contribution in [3.63, 3.8) is 0 Å². The van der Waals surface area contributed by atoms with Crippen LogP contribution in [0.2, 0.25) is 0 Å². The van der Waals surface area contributed by atoms with Crippen LogP contribution in [-0.2, 0) is 16.1 Å². The Morgan fingerprint density at radius 2 is 2.03 bits per heavy atom. The van der Waals surface area contributed by atoms with Gasteiger partial charge in [0.25, 0.3) is 5.91 Å². The highest BCUT2D eigenvalue weighted by atomic mass is 16.5. The summed E-state index contributed by atoms with van der Waals surface area (Å²) in [4.78, 5) is 45.2. The SMILES string of the molecule is O=C1CCC(N2Cc3cc(OCC#Cc4ncc(O)cn4)ccc3C2=O)C(=O)N1.